The summed E-state index contributed by atoms with van der Waals surface area (Å²) in [6.45, 7) is 81.1. The Kier molecular flexibility index (Phi) is 41.3. The Bertz CT molecular complexity index is 4440. The van der Waals surface area contributed by atoms with Crippen LogP contribution in [0.1, 0.15) is 412 Å². The van der Waals surface area contributed by atoms with Crippen LogP contribution >= 0.6 is 0 Å². The van der Waals surface area contributed by atoms with E-state index in [9.17, 15) is 33.0 Å². The minimum absolute atomic E-state index is 0.141. The molecule has 0 spiro atoms. The summed E-state index contributed by atoms with van der Waals surface area (Å²) in [7, 11) is -1.92. The second-order valence-corrected chi connectivity index (χ2v) is 56.8. The molecule has 3 aliphatic heterocycles. The van der Waals surface area contributed by atoms with Gasteiger partial charge in [0.15, 0.2) is 0 Å². The van der Waals surface area contributed by atoms with E-state index in [1.807, 2.05) is 65.7 Å². The van der Waals surface area contributed by atoms with Crippen molar-refractivity contribution in [1.29, 1.82) is 0 Å². The second-order valence-electron chi connectivity index (χ2n) is 54.0. The zero-order valence-corrected chi connectivity index (χ0v) is 95.4. The monoisotopic (exact) mass is 1940 g/mol. The van der Waals surface area contributed by atoms with Crippen LogP contribution in [0.2, 0.25) is 0 Å². The fraction of sp³-hybridized carbons (Fsp3) is 0.764. The van der Waals surface area contributed by atoms with Gasteiger partial charge in [-0.15, -0.1) is 0 Å². The molecule has 4 aromatic rings. The van der Waals surface area contributed by atoms with E-state index in [2.05, 4.69) is 293 Å². The molecule has 6 saturated carbocycles. The number of likely N-dealkylation sites (tertiary alicyclic amines) is 2. The molecule has 2 aromatic heterocycles. The van der Waals surface area contributed by atoms with Gasteiger partial charge in [0.1, 0.15) is 0 Å². The van der Waals surface area contributed by atoms with Gasteiger partial charge in [0.05, 0.1) is 0 Å². The standard InChI is InChI=1S/C24H37NO.C21H39NO.C20H32N2O.C20H31NO.C19H30N2O.C19H35NO2S/c1-18(2)24(23(3,4)5)14-11-20(12-15-24)22(26)25-16-13-21(17-25)19-9-7-6-8-10-19;1-16(2)21(19(3,4)5)10-8-17(9-11-21)18(23)22-14-12-20(6,7)13-15-22;1-15(2)20(19(3,4)5)10-8-17(9-11-20)18(23)22-14-16-7-6-12-21-13-16;1-15(2)20(19(3,4)5)13-11-16(12-14-20)18(22)21-17-9-7-6-8-10-17;1-14(2)19(18(3,4)5)10-6-15(7-11-19)17(22)21-16-8-12-20-13-9-16;1-15(2)19(18(3,4)5)9-7-16(8-10-19)17(21)20-11-13-23(6,22)14-12-20/h6-10,18,20-21H,11-17H2,1-5H3;16-17H,8-15H2,1-7H3;6-7,12-13,15,17H,8-11,14H2,1-5H3,(H,22,23);6-10,15-16H,11-14H2,1-5H3,(H,21,22);8-9,12-15H,6-7,10-11H2,1-5H3,(H,20,21,22);15-16H,6-14H2,1-5H3. The number of pyridine rings is 2. The van der Waals surface area contributed by atoms with Gasteiger partial charge >= 0.3 is 0 Å². The highest BCUT2D eigenvalue weighted by Crippen LogP contribution is 2.62. The highest BCUT2D eigenvalue weighted by Gasteiger charge is 2.55. The molecule has 3 N–H and O–H groups in total. The average Bonchev–Trinajstić information content (AvgIpc) is 1.63. The van der Waals surface area contributed by atoms with E-state index < -0.39 is 9.52 Å². The van der Waals surface area contributed by atoms with E-state index in [1.165, 1.54) is 31.2 Å². The summed E-state index contributed by atoms with van der Waals surface area (Å²) in [5.74, 6) is 12.3. The number of amides is 6. The van der Waals surface area contributed by atoms with Crippen molar-refractivity contribution in [3.8, 4) is 0 Å². The lowest BCUT2D eigenvalue weighted by Crippen LogP contribution is -2.49. The first-order valence-electron chi connectivity index (χ1n) is 55.5. The van der Waals surface area contributed by atoms with Gasteiger partial charge in [-0.2, -0.15) is 0 Å². The molecular weight excluding hydrogens is 1730 g/mol. The summed E-state index contributed by atoms with van der Waals surface area (Å²) in [6, 6.07) is 28.1. The molecule has 2 aromatic carbocycles. The Morgan fingerprint density at radius 2 is 0.633 bits per heavy atom. The Balaban J connectivity index is 0.000000205. The van der Waals surface area contributed by atoms with Gasteiger partial charge in [0.2, 0.25) is 35.4 Å². The summed E-state index contributed by atoms with van der Waals surface area (Å²) in [4.78, 5) is 90.6. The number of nitrogens with zero attached hydrogens (tertiary/aromatic N) is 5. The lowest BCUT2D eigenvalue weighted by Gasteiger charge is -2.52. The fourth-order valence-corrected chi connectivity index (χ4v) is 30.1. The quantitative estimate of drug-likeness (QED) is 0.0863. The first kappa shape index (κ1) is 118. The van der Waals surface area contributed by atoms with E-state index in [4.69, 9.17) is 0 Å². The second kappa shape index (κ2) is 48.7. The summed E-state index contributed by atoms with van der Waals surface area (Å²) < 4.78 is 12.0. The molecule has 16 heteroatoms. The Hall–Kier alpha value is -6.42. The maximum Gasteiger partial charge on any atom is 0.227 e. The molecule has 6 amide bonds. The van der Waals surface area contributed by atoms with Crippen molar-refractivity contribution >= 4 is 62.2 Å². The van der Waals surface area contributed by atoms with Crippen molar-refractivity contribution in [2.24, 2.45) is 141 Å². The van der Waals surface area contributed by atoms with Gasteiger partial charge in [0.25, 0.3) is 0 Å². The number of hydrogen-bond donors (Lipinski definition) is 3. The summed E-state index contributed by atoms with van der Waals surface area (Å²) in [5, 5.41) is 9.18. The molecule has 784 valence electrons. The normalized spacial score (nSPS) is 28.7. The van der Waals surface area contributed by atoms with Crippen molar-refractivity contribution in [3.63, 3.8) is 0 Å². The lowest BCUT2D eigenvalue weighted by molar-refractivity contribution is -0.141. The van der Waals surface area contributed by atoms with Crippen molar-refractivity contribution < 1.29 is 33.0 Å². The maximum absolute atomic E-state index is 13.1. The lowest BCUT2D eigenvalue weighted by atomic mass is 9.53. The molecule has 3 saturated heterocycles. The number of aromatic nitrogens is 2. The third kappa shape index (κ3) is 29.5. The number of piperidine rings is 1. The molecule has 15 nitrogen and oxygen atoms in total. The van der Waals surface area contributed by atoms with Crippen LogP contribution in [-0.2, 0) is 44.8 Å². The molecule has 9 aliphatic rings. The number of para-hydroxylation sites is 1. The number of rotatable bonds is 17. The molecule has 139 heavy (non-hydrogen) atoms. The third-order valence-corrected chi connectivity index (χ3v) is 41.0. The summed E-state index contributed by atoms with van der Waals surface area (Å²) in [6.07, 6.45) is 36.7. The predicted octanol–water partition coefficient (Wildman–Crippen LogP) is 29.8. The maximum atomic E-state index is 13.1. The summed E-state index contributed by atoms with van der Waals surface area (Å²) in [5.41, 5.74) is 8.57. The minimum Gasteiger partial charge on any atom is -0.352 e. The molecule has 1 unspecified atom stereocenters. The van der Waals surface area contributed by atoms with E-state index in [-0.39, 0.29) is 64.1 Å². The van der Waals surface area contributed by atoms with Crippen LogP contribution in [0.3, 0.4) is 0 Å². The van der Waals surface area contributed by atoms with Crippen LogP contribution in [0.5, 0.6) is 0 Å². The van der Waals surface area contributed by atoms with Crippen LogP contribution in [0.25, 0.3) is 0 Å². The van der Waals surface area contributed by atoms with E-state index in [1.54, 1.807) is 18.6 Å². The van der Waals surface area contributed by atoms with Crippen molar-refractivity contribution in [2.75, 3.05) is 61.4 Å². The van der Waals surface area contributed by atoms with Crippen LogP contribution < -0.4 is 16.0 Å². The van der Waals surface area contributed by atoms with Gasteiger partial charge in [-0.3, -0.25) is 42.9 Å². The summed E-state index contributed by atoms with van der Waals surface area (Å²) >= 11 is 0. The number of benzene rings is 2. The molecule has 0 radical (unpaired) electrons. The average molecular weight is 1940 g/mol. The van der Waals surface area contributed by atoms with E-state index in [0.29, 0.717) is 150 Å². The van der Waals surface area contributed by atoms with Crippen LogP contribution in [-0.4, -0.2) is 121 Å². The Morgan fingerprint density at radius 3 is 0.935 bits per heavy atom. The predicted molar refractivity (Wildman–Crippen MR) is 588 cm³/mol. The fourth-order valence-electron chi connectivity index (χ4n) is 28.8. The smallest absolute Gasteiger partial charge is 0.227 e. The SMILES string of the molecule is C=S1(=O)CCN(C(=O)C2CCC(C(C)C)(C(C)(C)C)CC2)CC1.CC(C)C1(C(C)(C)C)CCC(C(=O)N2CCC(C)(C)CC2)CC1.CC(C)C1(C(C)(C)C)CCC(C(=O)N2CCC(c3ccccc3)C2)CC1.CC(C)C1(C(C)(C)C)CCC(C(=O)NCc2cccnc2)CC1.CC(C)C1(C(C)(C)C)CCC(C(=O)Nc2ccccc2)CC1.CC(C)C1(C(C)(C)C)CCC(C(=O)Nc2ccncc2)CC1. The number of carbonyl (C=O) groups is 6. The highest BCUT2D eigenvalue weighted by atomic mass is 32.2. The zero-order chi connectivity index (χ0) is 104. The highest BCUT2D eigenvalue weighted by molar-refractivity contribution is 8.00. The molecule has 5 heterocycles. The number of anilines is 2. The largest absolute Gasteiger partial charge is 0.352 e. The minimum atomic E-state index is -1.92. The molecule has 13 rings (SSSR count). The number of carbonyl (C=O) groups excluding carboxylic acids is 6. The zero-order valence-electron chi connectivity index (χ0n) is 94.6. The van der Waals surface area contributed by atoms with Gasteiger partial charge < -0.3 is 30.7 Å². The third-order valence-electron chi connectivity index (χ3n) is 39.2. The van der Waals surface area contributed by atoms with Gasteiger partial charge in [0, 0.05) is 135 Å². The van der Waals surface area contributed by atoms with Gasteiger partial charge in [-0.25, -0.2) is 0 Å². The topological polar surface area (TPSA) is 191 Å². The number of hydrogen-bond acceptors (Lipinski definition) is 9. The van der Waals surface area contributed by atoms with E-state index in [0.717, 1.165) is 191 Å². The molecular formula is C123H204N8O7S. The number of nitrogens with one attached hydrogen (secondary N) is 3. The van der Waals surface area contributed by atoms with Crippen LogP contribution in [0.4, 0.5) is 11.4 Å². The van der Waals surface area contributed by atoms with Gasteiger partial charge in [-0.1, -0.05) is 276 Å². The Morgan fingerprint density at radius 1 is 0.345 bits per heavy atom. The molecule has 6 aliphatic carbocycles. The van der Waals surface area contributed by atoms with Crippen molar-refractivity contribution in [3.05, 3.63) is 121 Å². The van der Waals surface area contributed by atoms with Crippen molar-refractivity contribution in [1.82, 2.24) is 30.0 Å². The first-order chi connectivity index (χ1) is 64.5. The van der Waals surface area contributed by atoms with E-state index >= 15 is 0 Å². The molecule has 0 bridgehead atoms. The van der Waals surface area contributed by atoms with Crippen molar-refractivity contribution in [2.45, 2.75) is 407 Å². The van der Waals surface area contributed by atoms with Crippen LogP contribution in [0, 0.1) is 141 Å². The molecule has 1 atom stereocenters. The molecule has 9 fully saturated rings. The van der Waals surface area contributed by atoms with Gasteiger partial charge in [-0.05, 0) is 336 Å². The van der Waals surface area contributed by atoms with Crippen LogP contribution in [0.15, 0.2) is 110 Å². The Labute approximate surface area is 850 Å². The first-order valence-corrected chi connectivity index (χ1v) is 57.5.